The van der Waals surface area contributed by atoms with Crippen molar-refractivity contribution in [2.24, 2.45) is 0 Å². The minimum absolute atomic E-state index is 0.0515. The van der Waals surface area contributed by atoms with Crippen LogP contribution in [-0.2, 0) is 16.0 Å². The van der Waals surface area contributed by atoms with Crippen molar-refractivity contribution in [1.29, 1.82) is 0 Å². The van der Waals surface area contributed by atoms with Crippen molar-refractivity contribution < 1.29 is 23.9 Å². The predicted molar refractivity (Wildman–Crippen MR) is 149 cm³/mol. The molecule has 2 N–H and O–H groups in total. The van der Waals surface area contributed by atoms with E-state index in [4.69, 9.17) is 4.74 Å². The van der Waals surface area contributed by atoms with Crippen LogP contribution in [-0.4, -0.2) is 67.2 Å². The zero-order valence-electron chi connectivity index (χ0n) is 22.6. The molecule has 11 heteroatoms. The van der Waals surface area contributed by atoms with E-state index in [2.05, 4.69) is 15.7 Å². The minimum Gasteiger partial charge on any atom is -0.497 e. The number of imide groups is 1. The first-order chi connectivity index (χ1) is 19.4. The molecule has 0 aliphatic carbocycles. The zero-order chi connectivity index (χ0) is 28.2. The lowest BCUT2D eigenvalue weighted by Gasteiger charge is -2.29. The van der Waals surface area contributed by atoms with Crippen LogP contribution >= 0.6 is 0 Å². The second kappa shape index (κ2) is 11.7. The van der Waals surface area contributed by atoms with E-state index in [-0.39, 0.29) is 29.6 Å². The highest BCUT2D eigenvalue weighted by Crippen LogP contribution is 2.31. The van der Waals surface area contributed by atoms with Crippen molar-refractivity contribution >= 4 is 35.0 Å². The molecule has 1 fully saturated rings. The van der Waals surface area contributed by atoms with E-state index in [1.807, 2.05) is 24.3 Å². The molecule has 40 heavy (non-hydrogen) atoms. The number of fused-ring (bicyclic) bond motifs is 1. The molecule has 2 aromatic carbocycles. The Morgan fingerprint density at radius 3 is 2.23 bits per heavy atom. The number of nitrogens with zero attached hydrogens (tertiary/aromatic N) is 4. The van der Waals surface area contributed by atoms with Crippen LogP contribution in [0.4, 0.5) is 11.4 Å². The first-order valence-corrected chi connectivity index (χ1v) is 13.4. The number of rotatable bonds is 8. The van der Waals surface area contributed by atoms with Crippen molar-refractivity contribution in [2.45, 2.75) is 32.1 Å². The highest BCUT2D eigenvalue weighted by Gasteiger charge is 2.35. The molecular weight excluding hydrogens is 512 g/mol. The molecule has 0 spiro atoms. The van der Waals surface area contributed by atoms with Gasteiger partial charge in [-0.15, -0.1) is 0 Å². The van der Waals surface area contributed by atoms with Gasteiger partial charge in [-0.2, -0.15) is 5.10 Å². The largest absolute Gasteiger partial charge is 0.497 e. The Hall–Kier alpha value is -4.51. The SMILES string of the molecule is CNCCC(=O)NC(=O)c1nn(-c2ccc(OC)cc2)c2c1CCN(c1ccc(N3CCCCC3=O)cc1)C2=O. The third kappa shape index (κ3) is 5.32. The minimum atomic E-state index is -0.638. The molecule has 2 aliphatic rings. The average Bonchev–Trinajstić information content (AvgIpc) is 3.37. The summed E-state index contributed by atoms with van der Waals surface area (Å²) >= 11 is 0. The number of anilines is 2. The summed E-state index contributed by atoms with van der Waals surface area (Å²) in [6.07, 6.45) is 2.92. The van der Waals surface area contributed by atoms with Crippen LogP contribution in [0.2, 0.25) is 0 Å². The van der Waals surface area contributed by atoms with Gasteiger partial charge in [0.2, 0.25) is 11.8 Å². The number of methoxy groups -OCH3 is 1. The maximum absolute atomic E-state index is 13.9. The number of piperidine rings is 1. The maximum atomic E-state index is 13.9. The summed E-state index contributed by atoms with van der Waals surface area (Å²) in [6.45, 7) is 1.44. The lowest BCUT2D eigenvalue weighted by Crippen LogP contribution is -2.39. The topological polar surface area (TPSA) is 126 Å². The molecule has 1 aromatic heterocycles. The number of hydrogen-bond donors (Lipinski definition) is 2. The van der Waals surface area contributed by atoms with E-state index in [9.17, 15) is 19.2 Å². The standard InChI is InChI=1S/C29H32N6O5/c1-30-16-14-24(36)31-28(38)26-23-15-18-34(20-8-6-19(7-9-20)33-17-4-3-5-25(33)37)29(39)27(23)35(32-26)21-10-12-22(40-2)13-11-21/h6-13,30H,3-5,14-18H2,1-2H3,(H,31,36,38). The molecule has 0 saturated carbocycles. The lowest BCUT2D eigenvalue weighted by molar-refractivity contribution is -0.120. The third-order valence-electron chi connectivity index (χ3n) is 7.20. The van der Waals surface area contributed by atoms with Gasteiger partial charge < -0.3 is 19.9 Å². The van der Waals surface area contributed by atoms with Crippen molar-refractivity contribution in [3.8, 4) is 11.4 Å². The fraction of sp³-hybridized carbons (Fsp3) is 0.345. The highest BCUT2D eigenvalue weighted by atomic mass is 16.5. The highest BCUT2D eigenvalue weighted by molar-refractivity contribution is 6.11. The van der Waals surface area contributed by atoms with Crippen LogP contribution in [0.15, 0.2) is 48.5 Å². The summed E-state index contributed by atoms with van der Waals surface area (Å²) in [5, 5.41) is 9.78. The normalized spacial score (nSPS) is 15.2. The number of carbonyl (C=O) groups excluding carboxylic acids is 4. The van der Waals surface area contributed by atoms with Gasteiger partial charge >= 0.3 is 0 Å². The maximum Gasteiger partial charge on any atom is 0.278 e. The number of hydrogen-bond acceptors (Lipinski definition) is 7. The van der Waals surface area contributed by atoms with E-state index in [0.717, 1.165) is 18.5 Å². The van der Waals surface area contributed by atoms with Crippen molar-refractivity contribution in [3.63, 3.8) is 0 Å². The molecule has 3 heterocycles. The van der Waals surface area contributed by atoms with Crippen LogP contribution < -0.4 is 25.2 Å². The molecule has 1 saturated heterocycles. The molecule has 5 rings (SSSR count). The average molecular weight is 545 g/mol. The number of carbonyl (C=O) groups is 4. The molecule has 3 aromatic rings. The summed E-state index contributed by atoms with van der Waals surface area (Å²) < 4.78 is 6.71. The van der Waals surface area contributed by atoms with Gasteiger partial charge in [-0.3, -0.25) is 24.5 Å². The summed E-state index contributed by atoms with van der Waals surface area (Å²) in [6, 6.07) is 14.4. The van der Waals surface area contributed by atoms with Gasteiger partial charge in [0, 0.05) is 49.4 Å². The Balaban J connectivity index is 1.47. The van der Waals surface area contributed by atoms with Crippen molar-refractivity contribution in [3.05, 3.63) is 65.5 Å². The van der Waals surface area contributed by atoms with E-state index in [1.54, 1.807) is 48.2 Å². The third-order valence-corrected chi connectivity index (χ3v) is 7.20. The molecule has 11 nitrogen and oxygen atoms in total. The van der Waals surface area contributed by atoms with Gasteiger partial charge in [0.15, 0.2) is 5.69 Å². The van der Waals surface area contributed by atoms with E-state index in [0.29, 0.717) is 55.2 Å². The second-order valence-corrected chi connectivity index (χ2v) is 9.74. The van der Waals surface area contributed by atoms with Gasteiger partial charge in [-0.05, 0) is 74.8 Å². The van der Waals surface area contributed by atoms with Crippen LogP contribution in [0.5, 0.6) is 5.75 Å². The Labute approximate surface area is 232 Å². The van der Waals surface area contributed by atoms with Crippen LogP contribution in [0.25, 0.3) is 5.69 Å². The zero-order valence-corrected chi connectivity index (χ0v) is 22.6. The quantitative estimate of drug-likeness (QED) is 0.446. The Kier molecular flexibility index (Phi) is 7.92. The predicted octanol–water partition coefficient (Wildman–Crippen LogP) is 2.47. The molecule has 0 radical (unpaired) electrons. The molecule has 0 atom stereocenters. The second-order valence-electron chi connectivity index (χ2n) is 9.74. The number of amides is 4. The van der Waals surface area contributed by atoms with E-state index in [1.165, 1.54) is 4.68 Å². The molecule has 0 unspecified atom stereocenters. The summed E-state index contributed by atoms with van der Waals surface area (Å²) in [5.41, 5.74) is 2.87. The van der Waals surface area contributed by atoms with E-state index >= 15 is 0 Å². The van der Waals surface area contributed by atoms with Gasteiger partial charge in [0.05, 0.1) is 12.8 Å². The summed E-state index contributed by atoms with van der Waals surface area (Å²) in [7, 11) is 3.28. The van der Waals surface area contributed by atoms with Crippen molar-refractivity contribution in [1.82, 2.24) is 20.4 Å². The van der Waals surface area contributed by atoms with Gasteiger partial charge in [0.1, 0.15) is 11.4 Å². The van der Waals surface area contributed by atoms with Gasteiger partial charge in [-0.1, -0.05) is 0 Å². The fourth-order valence-corrected chi connectivity index (χ4v) is 5.08. The molecular formula is C29H32N6O5. The number of ether oxygens (including phenoxy) is 1. The van der Waals surface area contributed by atoms with Gasteiger partial charge in [0.25, 0.3) is 11.8 Å². The smallest absolute Gasteiger partial charge is 0.278 e. The molecule has 2 aliphatic heterocycles. The first kappa shape index (κ1) is 27.1. The first-order valence-electron chi connectivity index (χ1n) is 13.4. The summed E-state index contributed by atoms with van der Waals surface area (Å²) in [4.78, 5) is 55.1. The van der Waals surface area contributed by atoms with Crippen molar-refractivity contribution in [2.75, 3.05) is 43.6 Å². The number of aromatic nitrogens is 2. The molecule has 208 valence electrons. The monoisotopic (exact) mass is 544 g/mol. The van der Waals surface area contributed by atoms with E-state index < -0.39 is 11.8 Å². The van der Waals surface area contributed by atoms with Gasteiger partial charge in [-0.25, -0.2) is 4.68 Å². The number of benzene rings is 2. The lowest BCUT2D eigenvalue weighted by atomic mass is 10.0. The molecule has 0 bridgehead atoms. The number of nitrogens with one attached hydrogen (secondary N) is 2. The van der Waals surface area contributed by atoms with Crippen LogP contribution in [0, 0.1) is 0 Å². The Bertz CT molecular complexity index is 1430. The fourth-order valence-electron chi connectivity index (χ4n) is 5.08. The van der Waals surface area contributed by atoms with Crippen LogP contribution in [0.1, 0.15) is 52.2 Å². The Morgan fingerprint density at radius 2 is 1.57 bits per heavy atom. The Morgan fingerprint density at radius 1 is 0.900 bits per heavy atom. The summed E-state index contributed by atoms with van der Waals surface area (Å²) in [5.74, 6) is -0.633. The molecule has 4 amide bonds. The van der Waals surface area contributed by atoms with Crippen LogP contribution in [0.3, 0.4) is 0 Å².